The number of rotatable bonds is 3. The van der Waals surface area contributed by atoms with E-state index in [1.54, 1.807) is 0 Å². The third kappa shape index (κ3) is 12.3. The van der Waals surface area contributed by atoms with E-state index in [1.807, 2.05) is 0 Å². The van der Waals surface area contributed by atoms with E-state index in [0.29, 0.717) is 6.61 Å². The molecular formula is C18H27ClOZr. The van der Waals surface area contributed by atoms with Crippen LogP contribution in [0.4, 0.5) is 0 Å². The first kappa shape index (κ1) is 23.4. The molecule has 0 bridgehead atoms. The summed E-state index contributed by atoms with van der Waals surface area (Å²) in [6, 6.07) is 0. The average Bonchev–Trinajstić information content (AvgIpc) is 2.99. The van der Waals surface area contributed by atoms with Gasteiger partial charge in [-0.1, -0.05) is 27.2 Å². The minimum atomic E-state index is 0. The quantitative estimate of drug-likeness (QED) is 0.419. The van der Waals surface area contributed by atoms with Crippen LogP contribution in [0.5, 0.6) is 0 Å². The van der Waals surface area contributed by atoms with Crippen molar-refractivity contribution in [2.75, 3.05) is 6.61 Å². The SMILES string of the molecule is CC1=[C-]CC=C1C.CC1=[C-]CC=C1C.CCCCOCl.[Zr+2]. The fourth-order valence-electron chi connectivity index (χ4n) is 1.50. The molecular weight excluding hydrogens is 359 g/mol. The van der Waals surface area contributed by atoms with Gasteiger partial charge in [0.2, 0.25) is 0 Å². The van der Waals surface area contributed by atoms with E-state index in [-0.39, 0.29) is 26.2 Å². The second-order valence-electron chi connectivity index (χ2n) is 4.95. The Bertz CT molecular complexity index is 322. The predicted molar refractivity (Wildman–Crippen MR) is 88.3 cm³/mol. The van der Waals surface area contributed by atoms with Crippen molar-refractivity contribution in [2.45, 2.75) is 60.3 Å². The summed E-state index contributed by atoms with van der Waals surface area (Å²) < 4.78 is 4.25. The monoisotopic (exact) mass is 384 g/mol. The van der Waals surface area contributed by atoms with Crippen molar-refractivity contribution < 1.29 is 30.5 Å². The molecule has 0 spiro atoms. The van der Waals surface area contributed by atoms with Crippen molar-refractivity contribution in [1.29, 1.82) is 0 Å². The molecule has 0 radical (unpaired) electrons. The standard InChI is InChI=1S/2C7H9.C4H9ClO.Zr/c2*1-6-4-3-5-7(6)2;1-2-3-4-6-5;/h2*4H,3H2,1-2H3;2-4H2,1H3;/q2*-1;;+2. The van der Waals surface area contributed by atoms with E-state index in [0.717, 1.165) is 25.7 Å². The zero-order valence-electron chi connectivity index (χ0n) is 14.0. The van der Waals surface area contributed by atoms with Gasteiger partial charge < -0.3 is 0 Å². The maximum Gasteiger partial charge on any atom is 2.00 e. The van der Waals surface area contributed by atoms with Crippen LogP contribution in [0.2, 0.25) is 0 Å². The van der Waals surface area contributed by atoms with Gasteiger partial charge in [0.25, 0.3) is 0 Å². The van der Waals surface area contributed by atoms with Crippen molar-refractivity contribution in [3.63, 3.8) is 0 Å². The number of allylic oxidation sites excluding steroid dienone is 8. The Morgan fingerprint density at radius 2 is 1.43 bits per heavy atom. The molecule has 116 valence electrons. The smallest absolute Gasteiger partial charge is 0.279 e. The fraction of sp³-hybridized carbons (Fsp3) is 0.556. The van der Waals surface area contributed by atoms with Crippen LogP contribution >= 0.6 is 11.9 Å². The summed E-state index contributed by atoms with van der Waals surface area (Å²) in [6.07, 6.45) is 15.0. The molecule has 0 aliphatic heterocycles. The van der Waals surface area contributed by atoms with Gasteiger partial charge in [0.1, 0.15) is 0 Å². The van der Waals surface area contributed by atoms with Gasteiger partial charge in [0, 0.05) is 0 Å². The molecule has 0 fully saturated rings. The molecule has 0 atom stereocenters. The molecule has 0 N–H and O–H groups in total. The van der Waals surface area contributed by atoms with Crippen LogP contribution in [-0.4, -0.2) is 6.61 Å². The molecule has 2 aliphatic carbocycles. The van der Waals surface area contributed by atoms with E-state index in [2.05, 4.69) is 63.2 Å². The molecule has 0 aromatic rings. The summed E-state index contributed by atoms with van der Waals surface area (Å²) in [5, 5.41) is 0. The van der Waals surface area contributed by atoms with Gasteiger partial charge in [0.15, 0.2) is 0 Å². The van der Waals surface area contributed by atoms with Crippen molar-refractivity contribution in [3.05, 3.63) is 46.6 Å². The molecule has 0 heterocycles. The van der Waals surface area contributed by atoms with Crippen molar-refractivity contribution >= 4 is 11.9 Å². The van der Waals surface area contributed by atoms with Crippen LogP contribution in [0, 0.1) is 12.2 Å². The average molecular weight is 386 g/mol. The number of unbranched alkanes of at least 4 members (excludes halogenated alkanes) is 1. The zero-order valence-corrected chi connectivity index (χ0v) is 17.2. The third-order valence-corrected chi connectivity index (χ3v) is 3.46. The molecule has 1 nitrogen and oxygen atoms in total. The Morgan fingerprint density at radius 3 is 1.52 bits per heavy atom. The van der Waals surface area contributed by atoms with Crippen LogP contribution in [0.1, 0.15) is 60.3 Å². The molecule has 3 heteroatoms. The predicted octanol–water partition coefficient (Wildman–Crippen LogP) is 6.13. The zero-order chi connectivity index (χ0) is 15.4. The van der Waals surface area contributed by atoms with Crippen molar-refractivity contribution in [1.82, 2.24) is 0 Å². The van der Waals surface area contributed by atoms with E-state index in [1.165, 1.54) is 22.3 Å². The molecule has 0 saturated heterocycles. The first-order valence-electron chi connectivity index (χ1n) is 7.25. The Labute approximate surface area is 155 Å². The first-order valence-corrected chi connectivity index (χ1v) is 7.56. The summed E-state index contributed by atoms with van der Waals surface area (Å²) in [5.74, 6) is 0. The van der Waals surface area contributed by atoms with Crippen molar-refractivity contribution in [2.24, 2.45) is 0 Å². The summed E-state index contributed by atoms with van der Waals surface area (Å²) >= 11 is 4.88. The summed E-state index contributed by atoms with van der Waals surface area (Å²) in [7, 11) is 0. The first-order chi connectivity index (χ1) is 9.52. The van der Waals surface area contributed by atoms with Gasteiger partial charge in [-0.3, -0.25) is 16.4 Å². The van der Waals surface area contributed by atoms with Crippen LogP contribution < -0.4 is 0 Å². The Morgan fingerprint density at radius 1 is 1.00 bits per heavy atom. The Kier molecular flexibility index (Phi) is 16.7. The second kappa shape index (κ2) is 15.0. The molecule has 0 unspecified atom stereocenters. The van der Waals surface area contributed by atoms with Crippen LogP contribution in [-0.2, 0) is 30.5 Å². The molecule has 2 aliphatic rings. The normalized spacial score (nSPS) is 15.3. The van der Waals surface area contributed by atoms with E-state index in [9.17, 15) is 0 Å². The van der Waals surface area contributed by atoms with Gasteiger partial charge in [-0.2, -0.15) is 12.2 Å². The topological polar surface area (TPSA) is 9.23 Å². The fourth-order valence-corrected chi connectivity index (χ4v) is 1.61. The van der Waals surface area contributed by atoms with Gasteiger partial charge in [0.05, 0.1) is 18.5 Å². The largest absolute Gasteiger partial charge is 2.00 e. The summed E-state index contributed by atoms with van der Waals surface area (Å²) in [5.41, 5.74) is 5.42. The molecule has 2 rings (SSSR count). The molecule has 21 heavy (non-hydrogen) atoms. The summed E-state index contributed by atoms with van der Waals surface area (Å²) in [6.45, 7) is 11.2. The minimum absolute atomic E-state index is 0. The molecule has 0 saturated carbocycles. The van der Waals surface area contributed by atoms with Crippen molar-refractivity contribution in [3.8, 4) is 0 Å². The van der Waals surface area contributed by atoms with Crippen LogP contribution in [0.15, 0.2) is 34.4 Å². The third-order valence-electron chi connectivity index (χ3n) is 3.31. The van der Waals surface area contributed by atoms with E-state index < -0.39 is 0 Å². The van der Waals surface area contributed by atoms with Gasteiger partial charge >= 0.3 is 26.2 Å². The number of hydrogen-bond donors (Lipinski definition) is 0. The van der Waals surface area contributed by atoms with Crippen LogP contribution in [0.3, 0.4) is 0 Å². The van der Waals surface area contributed by atoms with Gasteiger partial charge in [-0.05, 0) is 6.42 Å². The molecule has 0 aromatic carbocycles. The van der Waals surface area contributed by atoms with Gasteiger partial charge in [-0.15, -0.1) is 26.7 Å². The maximum atomic E-state index is 4.88. The van der Waals surface area contributed by atoms with Crippen LogP contribution in [0.25, 0.3) is 0 Å². The minimum Gasteiger partial charge on any atom is -0.279 e. The maximum absolute atomic E-state index is 4.88. The molecule has 0 aromatic heterocycles. The number of hydrogen-bond acceptors (Lipinski definition) is 1. The summed E-state index contributed by atoms with van der Waals surface area (Å²) in [4.78, 5) is 0. The Hall–Kier alpha value is 0.0931. The Balaban J connectivity index is 0. The number of halogens is 1. The second-order valence-corrected chi connectivity index (χ2v) is 5.17. The van der Waals surface area contributed by atoms with E-state index in [4.69, 9.17) is 11.9 Å². The molecule has 0 amide bonds. The van der Waals surface area contributed by atoms with Gasteiger partial charge in [-0.25, -0.2) is 22.3 Å². The van der Waals surface area contributed by atoms with E-state index >= 15 is 0 Å².